The van der Waals surface area contributed by atoms with Gasteiger partial charge in [0.05, 0.1) is 7.11 Å². The number of fused-ring (bicyclic) bond motifs is 2. The smallest absolute Gasteiger partial charge is 0.317 e. The predicted octanol–water partition coefficient (Wildman–Crippen LogP) is 2.19. The van der Waals surface area contributed by atoms with Gasteiger partial charge in [-0.1, -0.05) is 6.07 Å². The number of hydrogen-bond acceptors (Lipinski definition) is 3. The normalized spacial score (nSPS) is 28.7. The van der Waals surface area contributed by atoms with Crippen LogP contribution in [0.25, 0.3) is 0 Å². The molecule has 2 amide bonds. The zero-order valence-corrected chi connectivity index (χ0v) is 15.1. The Kier molecular flexibility index (Phi) is 4.84. The lowest BCUT2D eigenvalue weighted by atomic mass is 9.79. The van der Waals surface area contributed by atoms with Crippen molar-refractivity contribution in [1.82, 2.24) is 15.5 Å². The van der Waals surface area contributed by atoms with Gasteiger partial charge in [-0.2, -0.15) is 0 Å². The van der Waals surface area contributed by atoms with Crippen molar-refractivity contribution in [1.29, 1.82) is 0 Å². The highest BCUT2D eigenvalue weighted by atomic mass is 16.5. The zero-order valence-electron chi connectivity index (χ0n) is 15.1. The Hall–Kier alpha value is -1.75. The number of ether oxygens (including phenoxy) is 1. The molecule has 5 nitrogen and oxygen atoms in total. The van der Waals surface area contributed by atoms with Gasteiger partial charge >= 0.3 is 6.03 Å². The van der Waals surface area contributed by atoms with E-state index in [1.54, 1.807) is 7.11 Å². The van der Waals surface area contributed by atoms with Crippen LogP contribution in [0.4, 0.5) is 4.79 Å². The second kappa shape index (κ2) is 7.24. The molecule has 2 N–H and O–H groups in total. The quantitative estimate of drug-likeness (QED) is 0.865. The Morgan fingerprint density at radius 1 is 1.16 bits per heavy atom. The predicted molar refractivity (Wildman–Crippen MR) is 98.0 cm³/mol. The fraction of sp³-hybridized carbons (Fsp3) is 0.650. The van der Waals surface area contributed by atoms with E-state index in [1.165, 1.54) is 24.1 Å². The SMILES string of the molecule is COc1ccc2c(c1)CCN(C(=O)NC1CCC3CNCC3C1)CC2. The van der Waals surface area contributed by atoms with E-state index in [2.05, 4.69) is 22.8 Å². The van der Waals surface area contributed by atoms with Crippen molar-refractivity contribution in [3.05, 3.63) is 29.3 Å². The third-order valence-electron chi connectivity index (χ3n) is 6.28. The minimum atomic E-state index is 0.120. The second-order valence-electron chi connectivity index (χ2n) is 7.76. The van der Waals surface area contributed by atoms with Crippen molar-refractivity contribution in [2.75, 3.05) is 33.3 Å². The lowest BCUT2D eigenvalue weighted by Crippen LogP contribution is -2.48. The lowest BCUT2D eigenvalue weighted by Gasteiger charge is -2.33. The number of hydrogen-bond donors (Lipinski definition) is 2. The standard InChI is InChI=1S/C20H29N3O2/c1-25-19-5-3-14-6-8-23(9-7-15(14)11-19)20(24)22-18-4-2-16-12-21-13-17(16)10-18/h3,5,11,16-18,21H,2,4,6-10,12-13H2,1H3,(H,22,24). The maximum absolute atomic E-state index is 12.8. The summed E-state index contributed by atoms with van der Waals surface area (Å²) >= 11 is 0. The summed E-state index contributed by atoms with van der Waals surface area (Å²) in [4.78, 5) is 14.8. The van der Waals surface area contributed by atoms with Crippen molar-refractivity contribution in [3.8, 4) is 5.75 Å². The van der Waals surface area contributed by atoms with Gasteiger partial charge in [-0.3, -0.25) is 0 Å². The molecule has 2 heterocycles. The van der Waals surface area contributed by atoms with Crippen LogP contribution in [-0.4, -0.2) is 50.3 Å². The van der Waals surface area contributed by atoms with Crippen LogP contribution in [0.1, 0.15) is 30.4 Å². The summed E-state index contributed by atoms with van der Waals surface area (Å²) in [7, 11) is 1.70. The van der Waals surface area contributed by atoms with Crippen molar-refractivity contribution < 1.29 is 9.53 Å². The van der Waals surface area contributed by atoms with Gasteiger partial charge in [-0.25, -0.2) is 4.79 Å². The van der Waals surface area contributed by atoms with Gasteiger partial charge in [-0.15, -0.1) is 0 Å². The molecule has 3 unspecified atom stereocenters. The van der Waals surface area contributed by atoms with Crippen LogP contribution < -0.4 is 15.4 Å². The summed E-state index contributed by atoms with van der Waals surface area (Å²) in [5, 5.41) is 6.81. The van der Waals surface area contributed by atoms with Gasteiger partial charge in [0, 0.05) is 19.1 Å². The average Bonchev–Trinajstić information content (AvgIpc) is 2.99. The number of rotatable bonds is 2. The first kappa shape index (κ1) is 16.7. The van der Waals surface area contributed by atoms with Gasteiger partial charge in [0.25, 0.3) is 0 Å². The third-order valence-corrected chi connectivity index (χ3v) is 6.28. The number of nitrogens with one attached hydrogen (secondary N) is 2. The average molecular weight is 343 g/mol. The third kappa shape index (κ3) is 3.61. The van der Waals surface area contributed by atoms with Crippen LogP contribution in [-0.2, 0) is 12.8 Å². The monoisotopic (exact) mass is 343 g/mol. The first-order valence-corrected chi connectivity index (χ1v) is 9.65. The van der Waals surface area contributed by atoms with Crippen LogP contribution in [0, 0.1) is 11.8 Å². The number of amides is 2. The molecule has 5 heteroatoms. The van der Waals surface area contributed by atoms with Crippen LogP contribution in [0.2, 0.25) is 0 Å². The molecule has 3 aliphatic rings. The highest BCUT2D eigenvalue weighted by Gasteiger charge is 2.34. The molecule has 1 aliphatic carbocycles. The maximum Gasteiger partial charge on any atom is 0.317 e. The van der Waals surface area contributed by atoms with Gasteiger partial charge in [0.15, 0.2) is 0 Å². The van der Waals surface area contributed by atoms with E-state index in [1.807, 2.05) is 11.0 Å². The topological polar surface area (TPSA) is 53.6 Å². The Bertz CT molecular complexity index is 633. The summed E-state index contributed by atoms with van der Waals surface area (Å²) in [6.45, 7) is 3.87. The van der Waals surface area contributed by atoms with E-state index in [-0.39, 0.29) is 6.03 Å². The molecule has 2 fully saturated rings. The van der Waals surface area contributed by atoms with Crippen LogP contribution in [0.3, 0.4) is 0 Å². The minimum absolute atomic E-state index is 0.120. The first-order chi connectivity index (χ1) is 12.2. The van der Waals surface area contributed by atoms with Crippen molar-refractivity contribution >= 4 is 6.03 Å². The molecule has 25 heavy (non-hydrogen) atoms. The Labute approximate surface area is 150 Å². The van der Waals surface area contributed by atoms with Crippen molar-refractivity contribution in [3.63, 3.8) is 0 Å². The van der Waals surface area contributed by atoms with E-state index >= 15 is 0 Å². The highest BCUT2D eigenvalue weighted by molar-refractivity contribution is 5.74. The fourth-order valence-corrected chi connectivity index (χ4v) is 4.73. The summed E-state index contributed by atoms with van der Waals surface area (Å²) in [6.07, 6.45) is 5.33. The van der Waals surface area contributed by atoms with Crippen LogP contribution in [0.5, 0.6) is 5.75 Å². The number of carbonyl (C=O) groups is 1. The van der Waals surface area contributed by atoms with E-state index in [9.17, 15) is 4.79 Å². The molecule has 0 bridgehead atoms. The number of benzene rings is 1. The number of methoxy groups -OCH3 is 1. The zero-order chi connectivity index (χ0) is 17.2. The summed E-state index contributed by atoms with van der Waals surface area (Å²) in [5.41, 5.74) is 2.65. The number of nitrogens with zero attached hydrogens (tertiary/aromatic N) is 1. The molecule has 0 aromatic heterocycles. The van der Waals surface area contributed by atoms with Gasteiger partial charge in [-0.05, 0) is 80.3 Å². The summed E-state index contributed by atoms with van der Waals surface area (Å²) in [5.74, 6) is 2.48. The van der Waals surface area contributed by atoms with E-state index in [0.29, 0.717) is 6.04 Å². The molecule has 1 saturated carbocycles. The molecule has 0 radical (unpaired) electrons. The lowest BCUT2D eigenvalue weighted by molar-refractivity contribution is 0.182. The summed E-state index contributed by atoms with van der Waals surface area (Å²) in [6, 6.07) is 6.74. The summed E-state index contributed by atoms with van der Waals surface area (Å²) < 4.78 is 5.33. The molecule has 4 rings (SSSR count). The molecule has 0 spiro atoms. The molecule has 2 aliphatic heterocycles. The van der Waals surface area contributed by atoms with E-state index in [4.69, 9.17) is 4.74 Å². The Morgan fingerprint density at radius 3 is 2.80 bits per heavy atom. The highest BCUT2D eigenvalue weighted by Crippen LogP contribution is 2.32. The second-order valence-corrected chi connectivity index (χ2v) is 7.76. The number of carbonyl (C=O) groups excluding carboxylic acids is 1. The Balaban J connectivity index is 1.34. The molecule has 1 aromatic rings. The van der Waals surface area contributed by atoms with E-state index < -0.39 is 0 Å². The van der Waals surface area contributed by atoms with Gasteiger partial charge in [0.1, 0.15) is 5.75 Å². The van der Waals surface area contributed by atoms with Crippen LogP contribution in [0.15, 0.2) is 18.2 Å². The fourth-order valence-electron chi connectivity index (χ4n) is 4.73. The van der Waals surface area contributed by atoms with Crippen molar-refractivity contribution in [2.45, 2.75) is 38.1 Å². The van der Waals surface area contributed by atoms with Gasteiger partial charge < -0.3 is 20.3 Å². The molecule has 1 saturated heterocycles. The van der Waals surface area contributed by atoms with Crippen molar-refractivity contribution in [2.24, 2.45) is 11.8 Å². The first-order valence-electron chi connectivity index (χ1n) is 9.65. The largest absolute Gasteiger partial charge is 0.497 e. The number of urea groups is 1. The molecular formula is C20H29N3O2. The Morgan fingerprint density at radius 2 is 1.96 bits per heavy atom. The van der Waals surface area contributed by atoms with Crippen LogP contribution >= 0.6 is 0 Å². The molecular weight excluding hydrogens is 314 g/mol. The van der Waals surface area contributed by atoms with E-state index in [0.717, 1.165) is 62.9 Å². The minimum Gasteiger partial charge on any atom is -0.497 e. The maximum atomic E-state index is 12.8. The molecule has 3 atom stereocenters. The molecule has 1 aromatic carbocycles. The van der Waals surface area contributed by atoms with Gasteiger partial charge in [0.2, 0.25) is 0 Å². The molecule has 136 valence electrons.